The Labute approximate surface area is 163 Å². The van der Waals surface area contributed by atoms with Gasteiger partial charge >= 0.3 is 12.0 Å². The molecule has 2 fully saturated rings. The average Bonchev–Trinajstić information content (AvgIpc) is 2.68. The summed E-state index contributed by atoms with van der Waals surface area (Å²) in [7, 11) is 0. The molecule has 1 aliphatic heterocycles. The van der Waals surface area contributed by atoms with Crippen molar-refractivity contribution < 1.29 is 23.9 Å². The van der Waals surface area contributed by atoms with Gasteiger partial charge in [0.1, 0.15) is 5.82 Å². The number of carboxylic acid groups (broad SMARTS) is 1. The summed E-state index contributed by atoms with van der Waals surface area (Å²) < 4.78 is 14.3. The van der Waals surface area contributed by atoms with Crippen LogP contribution in [0.5, 0.6) is 0 Å². The summed E-state index contributed by atoms with van der Waals surface area (Å²) >= 11 is 0. The number of nitrogens with one attached hydrogen (secondary N) is 1. The number of piperazine rings is 1. The molecule has 2 aliphatic rings. The molecule has 7 nitrogen and oxygen atoms in total. The highest BCUT2D eigenvalue weighted by atomic mass is 19.1. The van der Waals surface area contributed by atoms with E-state index in [0.29, 0.717) is 63.1 Å². The maximum absolute atomic E-state index is 14.3. The van der Waals surface area contributed by atoms with Crippen molar-refractivity contribution in [2.45, 2.75) is 38.6 Å². The van der Waals surface area contributed by atoms with Gasteiger partial charge in [0.25, 0.3) is 0 Å². The Balaban J connectivity index is 1.49. The lowest BCUT2D eigenvalue weighted by Crippen LogP contribution is -2.54. The number of halogens is 1. The molecule has 1 aromatic rings. The molecule has 1 aromatic carbocycles. The van der Waals surface area contributed by atoms with Gasteiger partial charge in [0, 0.05) is 37.8 Å². The summed E-state index contributed by atoms with van der Waals surface area (Å²) in [5.74, 6) is -1.67. The number of rotatable bonds is 4. The van der Waals surface area contributed by atoms with Crippen molar-refractivity contribution in [1.82, 2.24) is 10.2 Å². The number of carbonyl (C=O) groups excluding carboxylic acids is 2. The van der Waals surface area contributed by atoms with E-state index in [4.69, 9.17) is 5.11 Å². The van der Waals surface area contributed by atoms with E-state index < -0.39 is 11.8 Å². The van der Waals surface area contributed by atoms with E-state index >= 15 is 0 Å². The Hall–Kier alpha value is -2.64. The molecule has 28 heavy (non-hydrogen) atoms. The van der Waals surface area contributed by atoms with Crippen molar-refractivity contribution >= 4 is 23.5 Å². The molecular weight excluding hydrogens is 365 g/mol. The van der Waals surface area contributed by atoms with Gasteiger partial charge in [0.05, 0.1) is 11.6 Å². The first-order valence-electron chi connectivity index (χ1n) is 9.69. The maximum atomic E-state index is 14.3. The predicted octanol–water partition coefficient (Wildman–Crippen LogP) is 2.50. The van der Waals surface area contributed by atoms with Crippen molar-refractivity contribution in [2.24, 2.45) is 5.92 Å². The van der Waals surface area contributed by atoms with E-state index in [0.717, 1.165) is 0 Å². The topological polar surface area (TPSA) is 90.0 Å². The highest BCUT2D eigenvalue weighted by Crippen LogP contribution is 2.25. The second kappa shape index (κ2) is 8.58. The number of carbonyl (C=O) groups is 3. The van der Waals surface area contributed by atoms with Gasteiger partial charge in [-0.2, -0.15) is 0 Å². The summed E-state index contributed by atoms with van der Waals surface area (Å²) in [6, 6.07) is 4.35. The number of nitrogens with zero attached hydrogens (tertiary/aromatic N) is 2. The van der Waals surface area contributed by atoms with E-state index in [1.807, 2.05) is 4.90 Å². The number of benzene rings is 1. The number of carboxylic acids is 1. The van der Waals surface area contributed by atoms with Crippen LogP contribution in [0.25, 0.3) is 0 Å². The van der Waals surface area contributed by atoms with E-state index in [1.54, 1.807) is 17.0 Å². The minimum atomic E-state index is -0.760. The smallest absolute Gasteiger partial charge is 0.317 e. The number of hydrogen-bond acceptors (Lipinski definition) is 4. The SMILES string of the molecule is CC(=O)c1ccc(N2CCN(C(=O)NC3CCC(C(=O)O)CC3)CC2)c(F)c1. The molecule has 0 radical (unpaired) electrons. The van der Waals surface area contributed by atoms with Crippen molar-refractivity contribution in [2.75, 3.05) is 31.1 Å². The Morgan fingerprint density at radius 2 is 1.71 bits per heavy atom. The maximum Gasteiger partial charge on any atom is 0.317 e. The zero-order valence-electron chi connectivity index (χ0n) is 16.0. The van der Waals surface area contributed by atoms with Gasteiger partial charge in [-0.05, 0) is 50.8 Å². The number of anilines is 1. The molecule has 2 N–H and O–H groups in total. The molecule has 152 valence electrons. The molecule has 2 amide bonds. The van der Waals surface area contributed by atoms with Crippen molar-refractivity contribution in [3.05, 3.63) is 29.6 Å². The summed E-state index contributed by atoms with van der Waals surface area (Å²) in [6.07, 6.45) is 2.53. The number of hydrogen-bond donors (Lipinski definition) is 2. The second-order valence-corrected chi connectivity index (χ2v) is 7.53. The average molecular weight is 391 g/mol. The standard InChI is InChI=1S/C20H26FN3O4/c1-13(25)15-4-7-18(17(21)12-15)23-8-10-24(11-9-23)20(28)22-16-5-2-14(3-6-16)19(26)27/h4,7,12,14,16H,2-3,5-6,8-11H2,1H3,(H,22,28)(H,26,27). The molecule has 0 unspecified atom stereocenters. The van der Waals surface area contributed by atoms with Gasteiger partial charge in [-0.25, -0.2) is 9.18 Å². The summed E-state index contributed by atoms with van der Waals surface area (Å²) in [6.45, 7) is 3.37. The quantitative estimate of drug-likeness (QED) is 0.770. The first-order valence-corrected chi connectivity index (χ1v) is 9.69. The number of Topliss-reactive ketones (excluding diaryl/α,β-unsaturated/α-hetero) is 1. The van der Waals surface area contributed by atoms with Crippen LogP contribution in [-0.4, -0.2) is 60.0 Å². The molecule has 0 atom stereocenters. The van der Waals surface area contributed by atoms with Crippen LogP contribution in [0.3, 0.4) is 0 Å². The van der Waals surface area contributed by atoms with Crippen LogP contribution in [0.2, 0.25) is 0 Å². The predicted molar refractivity (Wildman–Crippen MR) is 102 cm³/mol. The molecule has 1 aliphatic carbocycles. The normalized spacial score (nSPS) is 22.6. The molecular formula is C20H26FN3O4. The van der Waals surface area contributed by atoms with Crippen LogP contribution in [0.4, 0.5) is 14.9 Å². The van der Waals surface area contributed by atoms with E-state index in [2.05, 4.69) is 5.32 Å². The Bertz CT molecular complexity index is 754. The van der Waals surface area contributed by atoms with Gasteiger partial charge in [-0.3, -0.25) is 9.59 Å². The Morgan fingerprint density at radius 1 is 1.07 bits per heavy atom. The zero-order valence-corrected chi connectivity index (χ0v) is 16.0. The first-order chi connectivity index (χ1) is 13.3. The highest BCUT2D eigenvalue weighted by molar-refractivity contribution is 5.94. The van der Waals surface area contributed by atoms with E-state index in [-0.39, 0.29) is 23.8 Å². The number of aliphatic carboxylic acids is 1. The van der Waals surface area contributed by atoms with Gasteiger partial charge in [-0.15, -0.1) is 0 Å². The molecule has 8 heteroatoms. The lowest BCUT2D eigenvalue weighted by molar-refractivity contribution is -0.142. The van der Waals surface area contributed by atoms with Crippen molar-refractivity contribution in [3.8, 4) is 0 Å². The third-order valence-electron chi connectivity index (χ3n) is 5.67. The number of urea groups is 1. The Kier molecular flexibility index (Phi) is 6.16. The number of amides is 2. The lowest BCUT2D eigenvalue weighted by Gasteiger charge is -2.37. The van der Waals surface area contributed by atoms with Crippen LogP contribution < -0.4 is 10.2 Å². The van der Waals surface area contributed by atoms with E-state index in [1.165, 1.54) is 13.0 Å². The monoisotopic (exact) mass is 391 g/mol. The summed E-state index contributed by atoms with van der Waals surface area (Å²) in [5, 5.41) is 12.0. The van der Waals surface area contributed by atoms with Crippen LogP contribution in [-0.2, 0) is 4.79 Å². The lowest BCUT2D eigenvalue weighted by atomic mass is 9.86. The third-order valence-corrected chi connectivity index (χ3v) is 5.67. The van der Waals surface area contributed by atoms with Crippen molar-refractivity contribution in [3.63, 3.8) is 0 Å². The Morgan fingerprint density at radius 3 is 2.25 bits per heavy atom. The molecule has 0 bridgehead atoms. The van der Waals surface area contributed by atoms with Gasteiger partial charge in [0.15, 0.2) is 5.78 Å². The molecule has 3 rings (SSSR count). The molecule has 1 heterocycles. The summed E-state index contributed by atoms with van der Waals surface area (Å²) in [4.78, 5) is 38.4. The largest absolute Gasteiger partial charge is 0.481 e. The minimum Gasteiger partial charge on any atom is -0.481 e. The summed E-state index contributed by atoms with van der Waals surface area (Å²) in [5.41, 5.74) is 0.786. The minimum absolute atomic E-state index is 0.0118. The van der Waals surface area contributed by atoms with Gasteiger partial charge in [-0.1, -0.05) is 0 Å². The molecule has 1 saturated carbocycles. The molecule has 0 aromatic heterocycles. The third kappa shape index (κ3) is 4.61. The number of ketones is 1. The zero-order chi connectivity index (χ0) is 20.3. The van der Waals surface area contributed by atoms with E-state index in [9.17, 15) is 18.8 Å². The van der Waals surface area contributed by atoms with Crippen LogP contribution in [0, 0.1) is 11.7 Å². The van der Waals surface area contributed by atoms with Crippen LogP contribution >= 0.6 is 0 Å². The van der Waals surface area contributed by atoms with Crippen LogP contribution in [0.1, 0.15) is 43.0 Å². The van der Waals surface area contributed by atoms with Crippen molar-refractivity contribution in [1.29, 1.82) is 0 Å². The fraction of sp³-hybridized carbons (Fsp3) is 0.550. The fourth-order valence-corrected chi connectivity index (χ4v) is 3.88. The fourth-order valence-electron chi connectivity index (χ4n) is 3.88. The first kappa shape index (κ1) is 20.1. The van der Waals surface area contributed by atoms with Crippen LogP contribution in [0.15, 0.2) is 18.2 Å². The van der Waals surface area contributed by atoms with Gasteiger partial charge in [0.2, 0.25) is 0 Å². The molecule has 1 saturated heterocycles. The van der Waals surface area contributed by atoms with Gasteiger partial charge < -0.3 is 20.2 Å². The highest BCUT2D eigenvalue weighted by Gasteiger charge is 2.29. The molecule has 0 spiro atoms. The second-order valence-electron chi connectivity index (χ2n) is 7.53.